The number of carboxylic acids is 2. The van der Waals surface area contributed by atoms with E-state index in [0.29, 0.717) is 24.1 Å². The van der Waals surface area contributed by atoms with Gasteiger partial charge in [0.1, 0.15) is 5.75 Å². The summed E-state index contributed by atoms with van der Waals surface area (Å²) in [6, 6.07) is 5.83. The van der Waals surface area contributed by atoms with Gasteiger partial charge in [0, 0.05) is 42.4 Å². The first kappa shape index (κ1) is 17.8. The second-order valence-electron chi connectivity index (χ2n) is 6.31. The molecule has 1 aromatic rings. The van der Waals surface area contributed by atoms with Crippen molar-refractivity contribution in [1.82, 2.24) is 4.90 Å². The summed E-state index contributed by atoms with van der Waals surface area (Å²) in [4.78, 5) is 23.8. The van der Waals surface area contributed by atoms with Gasteiger partial charge in [-0.15, -0.1) is 0 Å². The number of fused-ring (bicyclic) bond motifs is 3. The smallest absolute Gasteiger partial charge is 0.328 e. The Labute approximate surface area is 140 Å². The van der Waals surface area contributed by atoms with Crippen molar-refractivity contribution in [2.75, 3.05) is 25.5 Å². The third kappa shape index (κ3) is 3.07. The van der Waals surface area contributed by atoms with Crippen LogP contribution in [0.1, 0.15) is 18.9 Å². The Balaban J connectivity index is 0.000000224. The van der Waals surface area contributed by atoms with Gasteiger partial charge in [0.25, 0.3) is 0 Å². The Morgan fingerprint density at radius 3 is 2.33 bits per heavy atom. The topological polar surface area (TPSA) is 101 Å². The molecule has 130 valence electrons. The summed E-state index contributed by atoms with van der Waals surface area (Å²) in [6.45, 7) is 3.36. The van der Waals surface area contributed by atoms with E-state index in [1.165, 1.54) is 5.69 Å². The zero-order chi connectivity index (χ0) is 18.1. The highest BCUT2D eigenvalue weighted by Gasteiger charge is 2.53. The molecule has 2 atom stereocenters. The third-order valence-electron chi connectivity index (χ3n) is 4.68. The van der Waals surface area contributed by atoms with E-state index >= 15 is 0 Å². The molecule has 0 radical (unpaired) electrons. The molecule has 7 nitrogen and oxygen atoms in total. The summed E-state index contributed by atoms with van der Waals surface area (Å²) < 4.78 is 0. The largest absolute Gasteiger partial charge is 0.508 e. The van der Waals surface area contributed by atoms with E-state index in [2.05, 4.69) is 36.9 Å². The molecule has 24 heavy (non-hydrogen) atoms. The number of nitrogens with zero attached hydrogens (tertiary/aromatic N) is 2. The van der Waals surface area contributed by atoms with Crippen molar-refractivity contribution in [1.29, 1.82) is 0 Å². The monoisotopic (exact) mass is 334 g/mol. The number of hydrogen-bond donors (Lipinski definition) is 3. The number of likely N-dealkylation sites (N-methyl/N-ethyl adjacent to an activating group) is 2. The van der Waals surface area contributed by atoms with Crippen LogP contribution in [-0.2, 0) is 15.0 Å². The summed E-state index contributed by atoms with van der Waals surface area (Å²) in [5.41, 5.74) is 2.38. The molecule has 1 aromatic carbocycles. The molecule has 2 heterocycles. The van der Waals surface area contributed by atoms with Crippen LogP contribution in [-0.4, -0.2) is 59.0 Å². The molecule has 0 bridgehead atoms. The zero-order valence-corrected chi connectivity index (χ0v) is 13.9. The molecule has 0 aromatic heterocycles. The Hall–Kier alpha value is -2.54. The molecule has 0 spiro atoms. The van der Waals surface area contributed by atoms with Crippen LogP contribution < -0.4 is 4.90 Å². The molecule has 3 N–H and O–H groups in total. The molecular formula is C17H22N2O5. The average Bonchev–Trinajstić information content (AvgIpc) is 2.92. The number of aromatic hydroxyl groups is 1. The molecular weight excluding hydrogens is 312 g/mol. The van der Waals surface area contributed by atoms with Crippen LogP contribution in [0.2, 0.25) is 0 Å². The predicted octanol–water partition coefficient (Wildman–Crippen LogP) is 1.47. The summed E-state index contributed by atoms with van der Waals surface area (Å²) in [5.74, 6) is -2.07. The molecule has 1 fully saturated rings. The minimum atomic E-state index is -1.26. The lowest BCUT2D eigenvalue weighted by atomic mass is 9.81. The van der Waals surface area contributed by atoms with Crippen LogP contribution in [0.3, 0.4) is 0 Å². The first-order valence-corrected chi connectivity index (χ1v) is 7.58. The van der Waals surface area contributed by atoms with E-state index in [4.69, 9.17) is 10.2 Å². The van der Waals surface area contributed by atoms with Crippen molar-refractivity contribution in [3.8, 4) is 5.75 Å². The van der Waals surface area contributed by atoms with Crippen LogP contribution in [0.4, 0.5) is 5.69 Å². The van der Waals surface area contributed by atoms with Crippen LogP contribution in [0.15, 0.2) is 30.4 Å². The number of carbonyl (C=O) groups is 2. The third-order valence-corrected chi connectivity index (χ3v) is 4.68. The number of anilines is 1. The van der Waals surface area contributed by atoms with E-state index in [-0.39, 0.29) is 5.41 Å². The van der Waals surface area contributed by atoms with Gasteiger partial charge in [-0.1, -0.05) is 13.0 Å². The van der Waals surface area contributed by atoms with E-state index in [1.54, 1.807) is 6.07 Å². The van der Waals surface area contributed by atoms with Crippen molar-refractivity contribution in [3.63, 3.8) is 0 Å². The van der Waals surface area contributed by atoms with E-state index < -0.39 is 11.9 Å². The van der Waals surface area contributed by atoms with Crippen LogP contribution in [0, 0.1) is 0 Å². The van der Waals surface area contributed by atoms with Gasteiger partial charge in [-0.05, 0) is 25.6 Å². The molecule has 7 heteroatoms. The first-order chi connectivity index (χ1) is 11.2. The Kier molecular flexibility index (Phi) is 4.84. The molecule has 1 saturated heterocycles. The van der Waals surface area contributed by atoms with Crippen molar-refractivity contribution in [2.24, 2.45) is 0 Å². The lowest BCUT2D eigenvalue weighted by Crippen LogP contribution is -2.45. The quantitative estimate of drug-likeness (QED) is 0.704. The van der Waals surface area contributed by atoms with Gasteiger partial charge in [0.15, 0.2) is 0 Å². The van der Waals surface area contributed by atoms with E-state index in [9.17, 15) is 14.7 Å². The highest BCUT2D eigenvalue weighted by Crippen LogP contribution is 2.53. The predicted molar refractivity (Wildman–Crippen MR) is 89.3 cm³/mol. The van der Waals surface area contributed by atoms with Gasteiger partial charge >= 0.3 is 11.9 Å². The molecule has 2 aliphatic rings. The van der Waals surface area contributed by atoms with Gasteiger partial charge in [-0.3, -0.25) is 4.90 Å². The van der Waals surface area contributed by atoms with E-state index in [1.807, 2.05) is 6.07 Å². The van der Waals surface area contributed by atoms with Crippen LogP contribution in [0.25, 0.3) is 0 Å². The van der Waals surface area contributed by atoms with Crippen molar-refractivity contribution in [2.45, 2.75) is 24.9 Å². The maximum atomic E-state index is 10.1. The minimum absolute atomic E-state index is 0.0736. The number of hydrogen-bond acceptors (Lipinski definition) is 5. The van der Waals surface area contributed by atoms with Gasteiger partial charge < -0.3 is 20.2 Å². The number of likely N-dealkylation sites (tertiary alicyclic amines) is 1. The van der Waals surface area contributed by atoms with Crippen molar-refractivity contribution < 1.29 is 24.9 Å². The molecule has 0 saturated carbocycles. The summed E-state index contributed by atoms with van der Waals surface area (Å²) >= 11 is 0. The fourth-order valence-corrected chi connectivity index (χ4v) is 3.81. The molecule has 2 aliphatic heterocycles. The first-order valence-electron chi connectivity index (χ1n) is 7.58. The zero-order valence-electron chi connectivity index (χ0n) is 13.9. The lowest BCUT2D eigenvalue weighted by Gasteiger charge is -2.32. The maximum absolute atomic E-state index is 10.1. The summed E-state index contributed by atoms with van der Waals surface area (Å²) in [7, 11) is 4.28. The normalized spacial score (nSPS) is 25.1. The number of rotatable bonds is 2. The van der Waals surface area contributed by atoms with Crippen molar-refractivity contribution >= 4 is 17.6 Å². The van der Waals surface area contributed by atoms with Gasteiger partial charge in [-0.25, -0.2) is 9.59 Å². The number of phenols is 1. The molecule has 2 unspecified atom stereocenters. The van der Waals surface area contributed by atoms with E-state index in [0.717, 1.165) is 18.5 Å². The lowest BCUT2D eigenvalue weighted by molar-refractivity contribution is -0.134. The highest BCUT2D eigenvalue weighted by atomic mass is 16.4. The van der Waals surface area contributed by atoms with Gasteiger partial charge in [0.2, 0.25) is 0 Å². The Morgan fingerprint density at radius 2 is 1.79 bits per heavy atom. The minimum Gasteiger partial charge on any atom is -0.508 e. The SMILES string of the molecule is CN1CCC2(C)c3c(O)cccc3N(C)C12.O=C(O)/C=C\C(=O)O. The van der Waals surface area contributed by atoms with Crippen molar-refractivity contribution in [3.05, 3.63) is 35.9 Å². The maximum Gasteiger partial charge on any atom is 0.328 e. The molecule has 0 amide bonds. The summed E-state index contributed by atoms with van der Waals surface area (Å²) in [5, 5.41) is 25.7. The summed E-state index contributed by atoms with van der Waals surface area (Å²) in [6.07, 6.45) is 2.61. The van der Waals surface area contributed by atoms with Crippen LogP contribution in [0.5, 0.6) is 5.75 Å². The Bertz CT molecular complexity index is 672. The number of aliphatic carboxylic acids is 2. The van der Waals surface area contributed by atoms with Gasteiger partial charge in [-0.2, -0.15) is 0 Å². The average molecular weight is 334 g/mol. The number of carboxylic acid groups (broad SMARTS) is 2. The second-order valence-corrected chi connectivity index (χ2v) is 6.31. The van der Waals surface area contributed by atoms with Crippen LogP contribution >= 0.6 is 0 Å². The molecule has 3 rings (SSSR count). The highest BCUT2D eigenvalue weighted by molar-refractivity contribution is 5.89. The second kappa shape index (κ2) is 6.52. The standard InChI is InChI=1S/C13H18N2O.C4H4O4/c1-13-7-8-14(2)12(13)15(3)9-5-4-6-10(16)11(9)13;5-3(6)1-2-4(7)8/h4-6,12,16H,7-8H2,1-3H3;1-2H,(H,5,6)(H,7,8)/b;2-1-. The fourth-order valence-electron chi connectivity index (χ4n) is 3.81. The van der Waals surface area contributed by atoms with Gasteiger partial charge in [0.05, 0.1) is 6.17 Å². The fraction of sp³-hybridized carbons (Fsp3) is 0.412. The number of benzene rings is 1. The molecule has 0 aliphatic carbocycles. The Morgan fingerprint density at radius 1 is 1.21 bits per heavy atom. The number of phenolic OH excluding ortho intramolecular Hbond substituents is 1.